The molecular weight excluding hydrogens is 358 g/mol. The zero-order chi connectivity index (χ0) is 20.4. The second-order valence-electron chi connectivity index (χ2n) is 7.54. The Morgan fingerprint density at radius 1 is 1.25 bits per heavy atom. The minimum absolute atomic E-state index is 0.0990. The van der Waals surface area contributed by atoms with Gasteiger partial charge in [0.15, 0.2) is 5.58 Å². The molecule has 1 amide bonds. The monoisotopic (exact) mass is 387 g/mol. The van der Waals surface area contributed by atoms with Gasteiger partial charge in [-0.25, -0.2) is 4.68 Å². The predicted molar refractivity (Wildman–Crippen MR) is 109 cm³/mol. The third-order valence-corrected chi connectivity index (χ3v) is 5.00. The molecule has 0 aliphatic heterocycles. The standard InChI is InChI=1S/C20H29N5O3/c1-6-18-22-24(12-19(26)21-8-9-23(13(2)3)14(4)5)20(27)16-11-17-15(25(16)18)7-10-28-17/h7,10-11,13-14H,6,8-9,12H2,1-5H3,(H,21,26). The summed E-state index contributed by atoms with van der Waals surface area (Å²) in [5, 5.41) is 7.31. The fraction of sp³-hybridized carbons (Fsp3) is 0.550. The minimum Gasteiger partial charge on any atom is -0.463 e. The number of rotatable bonds is 8. The zero-order valence-electron chi connectivity index (χ0n) is 17.2. The van der Waals surface area contributed by atoms with Gasteiger partial charge in [-0.1, -0.05) is 6.92 Å². The first-order chi connectivity index (χ1) is 13.3. The van der Waals surface area contributed by atoms with E-state index in [4.69, 9.17) is 4.42 Å². The van der Waals surface area contributed by atoms with Gasteiger partial charge in [0, 0.05) is 43.7 Å². The summed E-state index contributed by atoms with van der Waals surface area (Å²) in [5.41, 5.74) is 1.62. The van der Waals surface area contributed by atoms with Gasteiger partial charge in [-0.3, -0.25) is 18.9 Å². The Balaban J connectivity index is 1.76. The van der Waals surface area contributed by atoms with Crippen LogP contribution < -0.4 is 10.9 Å². The van der Waals surface area contributed by atoms with Crippen molar-refractivity contribution in [2.24, 2.45) is 0 Å². The molecule has 28 heavy (non-hydrogen) atoms. The lowest BCUT2D eigenvalue weighted by atomic mass is 10.2. The molecule has 0 saturated heterocycles. The number of fused-ring (bicyclic) bond motifs is 3. The first kappa shape index (κ1) is 20.1. The highest BCUT2D eigenvalue weighted by atomic mass is 16.3. The molecule has 0 aliphatic rings. The van der Waals surface area contributed by atoms with Crippen LogP contribution in [0.5, 0.6) is 0 Å². The van der Waals surface area contributed by atoms with E-state index in [0.717, 1.165) is 12.1 Å². The lowest BCUT2D eigenvalue weighted by Gasteiger charge is -2.30. The number of carbonyl (C=O) groups is 1. The molecule has 0 bridgehead atoms. The number of aryl methyl sites for hydroxylation is 1. The Morgan fingerprint density at radius 2 is 1.96 bits per heavy atom. The molecule has 0 aromatic carbocycles. The Bertz CT molecular complexity index is 1020. The molecule has 0 saturated carbocycles. The van der Waals surface area contributed by atoms with E-state index < -0.39 is 0 Å². The third-order valence-electron chi connectivity index (χ3n) is 5.00. The third kappa shape index (κ3) is 3.82. The van der Waals surface area contributed by atoms with Crippen LogP contribution in [-0.2, 0) is 17.8 Å². The topological polar surface area (TPSA) is 84.8 Å². The van der Waals surface area contributed by atoms with Crippen LogP contribution in [0, 0.1) is 0 Å². The molecule has 152 valence electrons. The van der Waals surface area contributed by atoms with Gasteiger partial charge in [0.25, 0.3) is 5.56 Å². The number of hydrogen-bond acceptors (Lipinski definition) is 5. The Kier molecular flexibility index (Phi) is 5.88. The number of furan rings is 1. The number of nitrogens with one attached hydrogen (secondary N) is 1. The summed E-state index contributed by atoms with van der Waals surface area (Å²) in [6.45, 7) is 11.7. The fourth-order valence-corrected chi connectivity index (χ4v) is 3.69. The van der Waals surface area contributed by atoms with Crippen LogP contribution >= 0.6 is 0 Å². The minimum atomic E-state index is -0.301. The largest absolute Gasteiger partial charge is 0.463 e. The SMILES string of the molecule is CCc1nn(CC(=O)NCCN(C(C)C)C(C)C)c(=O)c2cc3occc3n12. The highest BCUT2D eigenvalue weighted by molar-refractivity contribution is 5.82. The van der Waals surface area contributed by atoms with Gasteiger partial charge < -0.3 is 9.73 Å². The first-order valence-corrected chi connectivity index (χ1v) is 9.84. The van der Waals surface area contributed by atoms with Crippen molar-refractivity contribution in [2.45, 2.75) is 59.7 Å². The molecule has 1 N–H and O–H groups in total. The molecule has 0 aliphatic carbocycles. The van der Waals surface area contributed by atoms with E-state index in [1.165, 1.54) is 4.68 Å². The molecule has 8 nitrogen and oxygen atoms in total. The van der Waals surface area contributed by atoms with Crippen molar-refractivity contribution in [1.29, 1.82) is 0 Å². The Labute approximate surface area is 164 Å². The maximum Gasteiger partial charge on any atom is 0.291 e. The molecule has 3 aromatic rings. The van der Waals surface area contributed by atoms with Crippen molar-refractivity contribution in [2.75, 3.05) is 13.1 Å². The van der Waals surface area contributed by atoms with E-state index in [9.17, 15) is 9.59 Å². The summed E-state index contributed by atoms with van der Waals surface area (Å²) in [4.78, 5) is 27.5. The van der Waals surface area contributed by atoms with E-state index >= 15 is 0 Å². The van der Waals surface area contributed by atoms with Crippen LogP contribution in [0.1, 0.15) is 40.4 Å². The van der Waals surface area contributed by atoms with Gasteiger partial charge in [0.2, 0.25) is 5.91 Å². The number of amides is 1. The van der Waals surface area contributed by atoms with Crippen LogP contribution in [-0.4, -0.2) is 50.2 Å². The molecule has 0 unspecified atom stereocenters. The van der Waals surface area contributed by atoms with Crippen molar-refractivity contribution in [1.82, 2.24) is 24.4 Å². The lowest BCUT2D eigenvalue weighted by Crippen LogP contribution is -2.43. The predicted octanol–water partition coefficient (Wildman–Crippen LogP) is 2.04. The van der Waals surface area contributed by atoms with Crippen molar-refractivity contribution in [3.63, 3.8) is 0 Å². The van der Waals surface area contributed by atoms with E-state index in [2.05, 4.69) is 43.0 Å². The average Bonchev–Trinajstić information content (AvgIpc) is 3.22. The summed E-state index contributed by atoms with van der Waals surface area (Å²) >= 11 is 0. The van der Waals surface area contributed by atoms with Crippen LogP contribution in [0.25, 0.3) is 16.6 Å². The summed E-state index contributed by atoms with van der Waals surface area (Å²) in [7, 11) is 0. The van der Waals surface area contributed by atoms with E-state index in [1.807, 2.05) is 13.0 Å². The van der Waals surface area contributed by atoms with E-state index in [-0.39, 0.29) is 18.0 Å². The number of carbonyl (C=O) groups excluding carboxylic acids is 1. The molecule has 3 aromatic heterocycles. The first-order valence-electron chi connectivity index (χ1n) is 9.84. The molecule has 3 rings (SSSR count). The van der Waals surface area contributed by atoms with Crippen molar-refractivity contribution in [3.05, 3.63) is 34.6 Å². The lowest BCUT2D eigenvalue weighted by molar-refractivity contribution is -0.122. The summed E-state index contributed by atoms with van der Waals surface area (Å²) in [5.74, 6) is 0.494. The Morgan fingerprint density at radius 3 is 2.61 bits per heavy atom. The average molecular weight is 387 g/mol. The van der Waals surface area contributed by atoms with Crippen LogP contribution in [0.4, 0.5) is 0 Å². The normalized spacial score (nSPS) is 12.1. The van der Waals surface area contributed by atoms with Gasteiger partial charge in [-0.2, -0.15) is 5.10 Å². The molecule has 0 radical (unpaired) electrons. The van der Waals surface area contributed by atoms with Gasteiger partial charge in [0.1, 0.15) is 17.9 Å². The fourth-order valence-electron chi connectivity index (χ4n) is 3.69. The van der Waals surface area contributed by atoms with E-state index in [1.54, 1.807) is 16.7 Å². The molecule has 8 heteroatoms. The number of hydrogen-bond donors (Lipinski definition) is 1. The smallest absolute Gasteiger partial charge is 0.291 e. The highest BCUT2D eigenvalue weighted by Crippen LogP contribution is 2.20. The van der Waals surface area contributed by atoms with Gasteiger partial charge >= 0.3 is 0 Å². The van der Waals surface area contributed by atoms with Gasteiger partial charge in [0.05, 0.1) is 11.8 Å². The molecule has 0 fully saturated rings. The van der Waals surface area contributed by atoms with E-state index in [0.29, 0.717) is 42.0 Å². The maximum atomic E-state index is 12.8. The van der Waals surface area contributed by atoms with Crippen molar-refractivity contribution >= 4 is 22.5 Å². The van der Waals surface area contributed by atoms with Crippen LogP contribution in [0.2, 0.25) is 0 Å². The highest BCUT2D eigenvalue weighted by Gasteiger charge is 2.17. The zero-order valence-corrected chi connectivity index (χ0v) is 17.2. The number of nitrogens with zero attached hydrogens (tertiary/aromatic N) is 4. The molecule has 3 heterocycles. The summed E-state index contributed by atoms with van der Waals surface area (Å²) in [6.07, 6.45) is 2.22. The maximum absolute atomic E-state index is 12.8. The Hall–Kier alpha value is -2.61. The van der Waals surface area contributed by atoms with Crippen molar-refractivity contribution < 1.29 is 9.21 Å². The summed E-state index contributed by atoms with van der Waals surface area (Å²) in [6, 6.07) is 4.33. The van der Waals surface area contributed by atoms with Gasteiger partial charge in [-0.05, 0) is 27.7 Å². The second kappa shape index (κ2) is 8.18. The van der Waals surface area contributed by atoms with Crippen LogP contribution in [0.3, 0.4) is 0 Å². The second-order valence-corrected chi connectivity index (χ2v) is 7.54. The molecule has 0 atom stereocenters. The number of aromatic nitrogens is 3. The molecule has 0 spiro atoms. The van der Waals surface area contributed by atoms with Crippen molar-refractivity contribution in [3.8, 4) is 0 Å². The van der Waals surface area contributed by atoms with Gasteiger partial charge in [-0.15, -0.1) is 0 Å². The summed E-state index contributed by atoms with van der Waals surface area (Å²) < 4.78 is 8.46. The molecular formula is C20H29N5O3. The quantitative estimate of drug-likeness (QED) is 0.639. The van der Waals surface area contributed by atoms with Crippen LogP contribution in [0.15, 0.2) is 27.6 Å².